The number of likely N-dealkylation sites (N-methyl/N-ethyl adjacent to an activating group) is 1. The summed E-state index contributed by atoms with van der Waals surface area (Å²) >= 11 is 0. The molecule has 0 saturated heterocycles. The summed E-state index contributed by atoms with van der Waals surface area (Å²) < 4.78 is 0. The molecule has 0 fully saturated rings. The van der Waals surface area contributed by atoms with Crippen molar-refractivity contribution in [2.24, 2.45) is 0 Å². The molecule has 0 heterocycles. The van der Waals surface area contributed by atoms with Crippen molar-refractivity contribution in [2.45, 2.75) is 33.7 Å². The first-order valence-corrected chi connectivity index (χ1v) is 6.89. The molecule has 1 aromatic carbocycles. The predicted octanol–water partition coefficient (Wildman–Crippen LogP) is 2.31. The lowest BCUT2D eigenvalue weighted by Gasteiger charge is -2.24. The largest absolute Gasteiger partial charge is 0.395 e. The molecule has 1 rings (SSSR count). The third-order valence-electron chi connectivity index (χ3n) is 3.11. The summed E-state index contributed by atoms with van der Waals surface area (Å²) in [6.45, 7) is 10.3. The zero-order chi connectivity index (χ0) is 13.4. The van der Waals surface area contributed by atoms with E-state index in [2.05, 4.69) is 49.2 Å². The van der Waals surface area contributed by atoms with Crippen molar-refractivity contribution in [1.82, 2.24) is 5.32 Å². The lowest BCUT2D eigenvalue weighted by Crippen LogP contribution is -2.27. The minimum Gasteiger partial charge on any atom is -0.395 e. The van der Waals surface area contributed by atoms with Crippen LogP contribution in [0.15, 0.2) is 18.2 Å². The molecule has 0 aliphatic heterocycles. The van der Waals surface area contributed by atoms with Crippen LogP contribution >= 0.6 is 0 Å². The monoisotopic (exact) mass is 250 g/mol. The summed E-state index contributed by atoms with van der Waals surface area (Å²) in [6, 6.07) is 6.57. The van der Waals surface area contributed by atoms with Gasteiger partial charge in [-0.3, -0.25) is 0 Å². The lowest BCUT2D eigenvalue weighted by atomic mass is 10.1. The second kappa shape index (κ2) is 8.11. The molecule has 0 aliphatic carbocycles. The van der Waals surface area contributed by atoms with Crippen LogP contribution in [0.4, 0.5) is 5.69 Å². The molecule has 18 heavy (non-hydrogen) atoms. The summed E-state index contributed by atoms with van der Waals surface area (Å²) in [7, 11) is 0. The average Bonchev–Trinajstić information content (AvgIpc) is 2.37. The first-order chi connectivity index (χ1) is 8.72. The van der Waals surface area contributed by atoms with Gasteiger partial charge < -0.3 is 15.3 Å². The maximum atomic E-state index is 9.07. The van der Waals surface area contributed by atoms with Crippen molar-refractivity contribution in [3.05, 3.63) is 29.3 Å². The van der Waals surface area contributed by atoms with Crippen LogP contribution in [0.25, 0.3) is 0 Å². The summed E-state index contributed by atoms with van der Waals surface area (Å²) in [5, 5.41) is 12.5. The zero-order valence-corrected chi connectivity index (χ0v) is 11.9. The summed E-state index contributed by atoms with van der Waals surface area (Å²) in [4.78, 5) is 2.21. The van der Waals surface area contributed by atoms with E-state index in [1.54, 1.807) is 0 Å². The molecule has 0 spiro atoms. The molecule has 0 amide bonds. The number of benzene rings is 1. The maximum Gasteiger partial charge on any atom is 0.0606 e. The van der Waals surface area contributed by atoms with Crippen molar-refractivity contribution in [1.29, 1.82) is 0 Å². The molecular weight excluding hydrogens is 224 g/mol. The van der Waals surface area contributed by atoms with Crippen LogP contribution in [0.3, 0.4) is 0 Å². The topological polar surface area (TPSA) is 35.5 Å². The molecule has 102 valence electrons. The maximum absolute atomic E-state index is 9.07. The Kier molecular flexibility index (Phi) is 6.76. The normalized spacial score (nSPS) is 10.7. The van der Waals surface area contributed by atoms with Crippen molar-refractivity contribution in [3.8, 4) is 0 Å². The molecule has 3 nitrogen and oxygen atoms in total. The summed E-state index contributed by atoms with van der Waals surface area (Å²) in [5.74, 6) is 0. The minimum absolute atomic E-state index is 0.201. The SMILES string of the molecule is CCCNCc1ccc(N(CC)CCO)c(C)c1. The lowest BCUT2D eigenvalue weighted by molar-refractivity contribution is 0.302. The fraction of sp³-hybridized carbons (Fsp3) is 0.600. The highest BCUT2D eigenvalue weighted by molar-refractivity contribution is 5.54. The van der Waals surface area contributed by atoms with E-state index in [0.29, 0.717) is 6.54 Å². The second-order valence-corrected chi connectivity index (χ2v) is 4.60. The van der Waals surface area contributed by atoms with Gasteiger partial charge in [0.1, 0.15) is 0 Å². The van der Waals surface area contributed by atoms with E-state index in [1.807, 2.05) is 0 Å². The number of hydrogen-bond donors (Lipinski definition) is 2. The predicted molar refractivity (Wildman–Crippen MR) is 78.1 cm³/mol. The van der Waals surface area contributed by atoms with Gasteiger partial charge in [-0.15, -0.1) is 0 Å². The van der Waals surface area contributed by atoms with Crippen LogP contribution in [-0.2, 0) is 6.54 Å². The van der Waals surface area contributed by atoms with Crippen LogP contribution in [0.5, 0.6) is 0 Å². The Morgan fingerprint density at radius 1 is 1.28 bits per heavy atom. The van der Waals surface area contributed by atoms with Gasteiger partial charge in [-0.05, 0) is 44.0 Å². The Morgan fingerprint density at radius 3 is 2.61 bits per heavy atom. The molecule has 0 unspecified atom stereocenters. The fourth-order valence-corrected chi connectivity index (χ4v) is 2.16. The Morgan fingerprint density at radius 2 is 2.06 bits per heavy atom. The molecule has 0 radical (unpaired) electrons. The van der Waals surface area contributed by atoms with Gasteiger partial charge in [0.05, 0.1) is 6.61 Å². The molecule has 0 saturated carbocycles. The van der Waals surface area contributed by atoms with Gasteiger partial charge in [0.15, 0.2) is 0 Å². The van der Waals surface area contributed by atoms with E-state index >= 15 is 0 Å². The standard InChI is InChI=1S/C15H26N2O/c1-4-8-16-12-14-6-7-15(13(3)11-14)17(5-2)9-10-18/h6-7,11,16,18H,4-5,8-10,12H2,1-3H3. The van der Waals surface area contributed by atoms with Gasteiger partial charge in [0, 0.05) is 25.3 Å². The van der Waals surface area contributed by atoms with Crippen LogP contribution in [0.1, 0.15) is 31.4 Å². The van der Waals surface area contributed by atoms with E-state index in [-0.39, 0.29) is 6.61 Å². The van der Waals surface area contributed by atoms with Gasteiger partial charge >= 0.3 is 0 Å². The quantitative estimate of drug-likeness (QED) is 0.695. The van der Waals surface area contributed by atoms with Gasteiger partial charge in [-0.25, -0.2) is 0 Å². The number of rotatable bonds is 8. The highest BCUT2D eigenvalue weighted by atomic mass is 16.3. The minimum atomic E-state index is 0.201. The first kappa shape index (κ1) is 15.0. The van der Waals surface area contributed by atoms with Crippen molar-refractivity contribution < 1.29 is 5.11 Å². The smallest absolute Gasteiger partial charge is 0.0606 e. The van der Waals surface area contributed by atoms with E-state index in [0.717, 1.165) is 26.1 Å². The van der Waals surface area contributed by atoms with Crippen molar-refractivity contribution in [3.63, 3.8) is 0 Å². The van der Waals surface area contributed by atoms with E-state index in [9.17, 15) is 0 Å². The summed E-state index contributed by atoms with van der Waals surface area (Å²) in [6.07, 6.45) is 1.16. The third-order valence-corrected chi connectivity index (χ3v) is 3.11. The Bertz CT molecular complexity index is 352. The Balaban J connectivity index is 2.71. The van der Waals surface area contributed by atoms with Gasteiger partial charge in [-0.1, -0.05) is 19.1 Å². The molecule has 0 aliphatic rings. The van der Waals surface area contributed by atoms with Crippen molar-refractivity contribution in [2.75, 3.05) is 31.1 Å². The van der Waals surface area contributed by atoms with Gasteiger partial charge in [0.2, 0.25) is 0 Å². The number of aliphatic hydroxyl groups excluding tert-OH is 1. The molecule has 0 atom stereocenters. The van der Waals surface area contributed by atoms with Crippen molar-refractivity contribution >= 4 is 5.69 Å². The number of nitrogens with zero attached hydrogens (tertiary/aromatic N) is 1. The third kappa shape index (κ3) is 4.31. The van der Waals surface area contributed by atoms with Crippen LogP contribution in [0, 0.1) is 6.92 Å². The van der Waals surface area contributed by atoms with Crippen LogP contribution in [-0.4, -0.2) is 31.3 Å². The fourth-order valence-electron chi connectivity index (χ4n) is 2.16. The average molecular weight is 250 g/mol. The van der Waals surface area contributed by atoms with Gasteiger partial charge in [-0.2, -0.15) is 0 Å². The molecule has 2 N–H and O–H groups in total. The number of anilines is 1. The molecule has 3 heteroatoms. The van der Waals surface area contributed by atoms with E-state index in [4.69, 9.17) is 5.11 Å². The number of nitrogens with one attached hydrogen (secondary N) is 1. The number of aliphatic hydroxyl groups is 1. The second-order valence-electron chi connectivity index (χ2n) is 4.60. The molecular formula is C15H26N2O. The number of aryl methyl sites for hydroxylation is 1. The van der Waals surface area contributed by atoms with Crippen LogP contribution < -0.4 is 10.2 Å². The highest BCUT2D eigenvalue weighted by Crippen LogP contribution is 2.21. The first-order valence-electron chi connectivity index (χ1n) is 6.89. The van der Waals surface area contributed by atoms with E-state index < -0.39 is 0 Å². The Labute approximate surface area is 111 Å². The van der Waals surface area contributed by atoms with E-state index in [1.165, 1.54) is 16.8 Å². The van der Waals surface area contributed by atoms with Crippen LogP contribution in [0.2, 0.25) is 0 Å². The highest BCUT2D eigenvalue weighted by Gasteiger charge is 2.07. The Hall–Kier alpha value is -1.06. The summed E-state index contributed by atoms with van der Waals surface area (Å²) in [5.41, 5.74) is 3.83. The number of hydrogen-bond acceptors (Lipinski definition) is 3. The van der Waals surface area contributed by atoms with Gasteiger partial charge in [0.25, 0.3) is 0 Å². The zero-order valence-electron chi connectivity index (χ0n) is 11.9. The molecule has 0 bridgehead atoms. The molecule has 0 aromatic heterocycles. The molecule has 1 aromatic rings.